The summed E-state index contributed by atoms with van der Waals surface area (Å²) in [6, 6.07) is 9.76. The fraction of sp³-hybridized carbons (Fsp3) is 0.200. The Morgan fingerprint density at radius 2 is 2.15 bits per heavy atom. The van der Waals surface area contributed by atoms with Crippen molar-refractivity contribution in [1.29, 1.82) is 5.26 Å². The minimum Gasteiger partial charge on any atom is -0.437 e. The largest absolute Gasteiger partial charge is 0.437 e. The van der Waals surface area contributed by atoms with Gasteiger partial charge in [0.2, 0.25) is 5.88 Å². The average molecular weight is 271 g/mol. The monoisotopic (exact) mass is 271 g/mol. The van der Waals surface area contributed by atoms with Crippen LogP contribution in [0.1, 0.15) is 24.1 Å². The molecule has 0 fully saturated rings. The van der Waals surface area contributed by atoms with Gasteiger partial charge in [0.05, 0.1) is 0 Å². The van der Waals surface area contributed by atoms with Gasteiger partial charge < -0.3 is 10.1 Å². The Hall–Kier alpha value is -2.45. The van der Waals surface area contributed by atoms with Crippen molar-refractivity contribution in [2.24, 2.45) is 0 Å². The van der Waals surface area contributed by atoms with E-state index in [1.807, 2.05) is 20.0 Å². The molecule has 1 N–H and O–H groups in total. The third kappa shape index (κ3) is 2.76. The molecule has 0 spiro atoms. The topological polar surface area (TPSA) is 57.9 Å². The van der Waals surface area contributed by atoms with E-state index >= 15 is 0 Å². The zero-order valence-corrected chi connectivity index (χ0v) is 11.2. The highest BCUT2D eigenvalue weighted by Gasteiger charge is 2.15. The molecule has 0 aliphatic heterocycles. The average Bonchev–Trinajstić information content (AvgIpc) is 2.47. The first-order chi connectivity index (χ1) is 9.67. The first-order valence-electron chi connectivity index (χ1n) is 6.16. The normalized spacial score (nSPS) is 11.7. The molecule has 0 radical (unpaired) electrons. The van der Waals surface area contributed by atoms with E-state index in [-0.39, 0.29) is 17.4 Å². The van der Waals surface area contributed by atoms with Crippen LogP contribution in [0.5, 0.6) is 11.6 Å². The number of nitrogens with zero attached hydrogens (tertiary/aromatic N) is 2. The Bertz CT molecular complexity index is 652. The van der Waals surface area contributed by atoms with E-state index < -0.39 is 5.82 Å². The summed E-state index contributed by atoms with van der Waals surface area (Å²) in [6.45, 7) is 1.96. The summed E-state index contributed by atoms with van der Waals surface area (Å²) >= 11 is 0. The molecule has 0 saturated heterocycles. The molecule has 1 aromatic carbocycles. The predicted molar refractivity (Wildman–Crippen MR) is 72.9 cm³/mol. The highest BCUT2D eigenvalue weighted by Crippen LogP contribution is 2.30. The highest BCUT2D eigenvalue weighted by atomic mass is 19.1. The number of pyridine rings is 1. The van der Waals surface area contributed by atoms with Crippen molar-refractivity contribution in [3.05, 3.63) is 53.5 Å². The zero-order valence-electron chi connectivity index (χ0n) is 11.2. The van der Waals surface area contributed by atoms with Crippen LogP contribution in [-0.4, -0.2) is 12.0 Å². The number of nitrogens with one attached hydrogen (secondary N) is 1. The smallest absolute Gasteiger partial charge is 0.224 e. The van der Waals surface area contributed by atoms with Crippen LogP contribution >= 0.6 is 0 Å². The van der Waals surface area contributed by atoms with Crippen molar-refractivity contribution in [3.63, 3.8) is 0 Å². The Kier molecular flexibility index (Phi) is 4.28. The maximum absolute atomic E-state index is 13.5. The molecule has 2 rings (SSSR count). The van der Waals surface area contributed by atoms with Gasteiger partial charge in [-0.25, -0.2) is 9.37 Å². The van der Waals surface area contributed by atoms with E-state index in [9.17, 15) is 4.39 Å². The molecule has 0 amide bonds. The molecule has 102 valence electrons. The summed E-state index contributed by atoms with van der Waals surface area (Å²) in [5.41, 5.74) is 0.712. The van der Waals surface area contributed by atoms with Gasteiger partial charge in [0.1, 0.15) is 23.2 Å². The van der Waals surface area contributed by atoms with Crippen molar-refractivity contribution in [1.82, 2.24) is 10.3 Å². The molecule has 0 bridgehead atoms. The molecule has 20 heavy (non-hydrogen) atoms. The summed E-state index contributed by atoms with van der Waals surface area (Å²) in [4.78, 5) is 4.15. The van der Waals surface area contributed by atoms with Crippen molar-refractivity contribution in [2.45, 2.75) is 13.0 Å². The quantitative estimate of drug-likeness (QED) is 0.928. The van der Waals surface area contributed by atoms with E-state index in [0.717, 1.165) is 5.56 Å². The van der Waals surface area contributed by atoms with Crippen molar-refractivity contribution >= 4 is 0 Å². The van der Waals surface area contributed by atoms with Crippen LogP contribution in [0.15, 0.2) is 36.5 Å². The van der Waals surface area contributed by atoms with Gasteiger partial charge in [0, 0.05) is 17.8 Å². The lowest BCUT2D eigenvalue weighted by molar-refractivity contribution is 0.441. The van der Waals surface area contributed by atoms with E-state index in [1.165, 1.54) is 12.1 Å². The molecule has 0 aliphatic carbocycles. The Balaban J connectivity index is 2.41. The maximum atomic E-state index is 13.5. The summed E-state index contributed by atoms with van der Waals surface area (Å²) in [5, 5.41) is 12.1. The van der Waals surface area contributed by atoms with Crippen LogP contribution in [-0.2, 0) is 0 Å². The molecule has 1 aromatic heterocycles. The van der Waals surface area contributed by atoms with Crippen LogP contribution < -0.4 is 10.1 Å². The number of hydrogen-bond donors (Lipinski definition) is 1. The van der Waals surface area contributed by atoms with Gasteiger partial charge in [0.15, 0.2) is 0 Å². The van der Waals surface area contributed by atoms with Crippen LogP contribution in [0.3, 0.4) is 0 Å². The second-order valence-electron chi connectivity index (χ2n) is 4.23. The molecule has 5 heteroatoms. The second-order valence-corrected chi connectivity index (χ2v) is 4.23. The van der Waals surface area contributed by atoms with Gasteiger partial charge >= 0.3 is 0 Å². The summed E-state index contributed by atoms with van der Waals surface area (Å²) in [7, 11) is 1.82. The van der Waals surface area contributed by atoms with Crippen LogP contribution in [0.2, 0.25) is 0 Å². The lowest BCUT2D eigenvalue weighted by atomic mass is 10.1. The first kappa shape index (κ1) is 14.0. The molecule has 2 aromatic rings. The number of nitriles is 1. The minimum absolute atomic E-state index is 0.0257. The van der Waals surface area contributed by atoms with Gasteiger partial charge in [-0.2, -0.15) is 5.26 Å². The molecule has 1 atom stereocenters. The SMILES string of the molecule is CNC(C)c1cccnc1Oc1cccc(F)c1C#N. The summed E-state index contributed by atoms with van der Waals surface area (Å²) < 4.78 is 19.2. The predicted octanol–water partition coefficient (Wildman–Crippen LogP) is 3.17. The standard InChI is InChI=1S/C15H14FN3O/c1-10(18-2)11-5-4-8-19-15(11)20-14-7-3-6-13(16)12(14)9-17/h3-8,10,18H,1-2H3. The number of benzene rings is 1. The fourth-order valence-electron chi connectivity index (χ4n) is 1.78. The third-order valence-electron chi connectivity index (χ3n) is 2.99. The number of hydrogen-bond acceptors (Lipinski definition) is 4. The Morgan fingerprint density at radius 3 is 2.85 bits per heavy atom. The van der Waals surface area contributed by atoms with Gasteiger partial charge in [-0.05, 0) is 32.2 Å². The fourth-order valence-corrected chi connectivity index (χ4v) is 1.78. The first-order valence-corrected chi connectivity index (χ1v) is 6.16. The number of aromatic nitrogens is 1. The zero-order chi connectivity index (χ0) is 14.5. The van der Waals surface area contributed by atoms with Gasteiger partial charge in [-0.15, -0.1) is 0 Å². The second kappa shape index (κ2) is 6.13. The lowest BCUT2D eigenvalue weighted by Gasteiger charge is -2.15. The van der Waals surface area contributed by atoms with Crippen LogP contribution in [0.4, 0.5) is 4.39 Å². The molecule has 4 nitrogen and oxygen atoms in total. The van der Waals surface area contributed by atoms with Crippen LogP contribution in [0, 0.1) is 17.1 Å². The van der Waals surface area contributed by atoms with Crippen LogP contribution in [0.25, 0.3) is 0 Å². The number of ether oxygens (including phenoxy) is 1. The van der Waals surface area contributed by atoms with E-state index in [4.69, 9.17) is 10.00 Å². The molecule has 1 heterocycles. The van der Waals surface area contributed by atoms with Gasteiger partial charge in [-0.3, -0.25) is 0 Å². The lowest BCUT2D eigenvalue weighted by Crippen LogP contribution is -2.13. The Morgan fingerprint density at radius 1 is 1.35 bits per heavy atom. The highest BCUT2D eigenvalue weighted by molar-refractivity contribution is 5.46. The van der Waals surface area contributed by atoms with Gasteiger partial charge in [0.25, 0.3) is 0 Å². The maximum Gasteiger partial charge on any atom is 0.224 e. The Labute approximate surface area is 116 Å². The minimum atomic E-state index is -0.607. The molecular weight excluding hydrogens is 257 g/mol. The van der Waals surface area contributed by atoms with Crippen molar-refractivity contribution in [3.8, 4) is 17.7 Å². The molecule has 1 unspecified atom stereocenters. The van der Waals surface area contributed by atoms with Crippen molar-refractivity contribution in [2.75, 3.05) is 7.05 Å². The van der Waals surface area contributed by atoms with Gasteiger partial charge in [-0.1, -0.05) is 12.1 Å². The van der Waals surface area contributed by atoms with Crippen molar-refractivity contribution < 1.29 is 9.13 Å². The van der Waals surface area contributed by atoms with E-state index in [2.05, 4.69) is 10.3 Å². The summed E-state index contributed by atoms with van der Waals surface area (Å²) in [6.07, 6.45) is 1.59. The molecule has 0 saturated carbocycles. The summed E-state index contributed by atoms with van der Waals surface area (Å²) in [5.74, 6) is -0.0867. The third-order valence-corrected chi connectivity index (χ3v) is 2.99. The van der Waals surface area contributed by atoms with E-state index in [1.54, 1.807) is 24.4 Å². The molecule has 0 aliphatic rings. The molecular formula is C15H14FN3O. The number of halogens is 1. The van der Waals surface area contributed by atoms with E-state index in [0.29, 0.717) is 5.88 Å². The number of rotatable bonds is 4.